The molecular weight excluding hydrogens is 430 g/mol. The molecule has 1 amide bonds. The van der Waals surface area contributed by atoms with Crippen LogP contribution < -0.4 is 15.0 Å². The summed E-state index contributed by atoms with van der Waals surface area (Å²) in [7, 11) is -2.10. The van der Waals surface area contributed by atoms with Crippen molar-refractivity contribution in [2.45, 2.75) is 50.5 Å². The molecule has 1 aromatic carbocycles. The highest BCUT2D eigenvalue weighted by molar-refractivity contribution is 7.89. The number of likely N-dealkylation sites (tertiary alicyclic amines) is 1. The van der Waals surface area contributed by atoms with Gasteiger partial charge < -0.3 is 14.2 Å². The minimum absolute atomic E-state index is 0.0780. The van der Waals surface area contributed by atoms with Gasteiger partial charge in [0, 0.05) is 31.8 Å². The van der Waals surface area contributed by atoms with E-state index in [-0.39, 0.29) is 34.4 Å². The number of carbonyl (C=O) groups excluding carboxylic acids is 1. The number of benzene rings is 1. The van der Waals surface area contributed by atoms with E-state index < -0.39 is 10.0 Å². The zero-order chi connectivity index (χ0) is 23.7. The van der Waals surface area contributed by atoms with Crippen LogP contribution in [0.15, 0.2) is 46.1 Å². The average Bonchev–Trinajstić information content (AvgIpc) is 3.18. The second-order valence-corrected chi connectivity index (χ2v) is 11.0. The number of ether oxygens (including phenoxy) is 1. The molecule has 3 rings (SSSR count). The minimum Gasteiger partial charge on any atom is -0.488 e. The fraction of sp³-hybridized carbons (Fsp3) is 0.478. The number of aryl methyl sites for hydroxylation is 1. The second-order valence-electron chi connectivity index (χ2n) is 9.20. The quantitative estimate of drug-likeness (QED) is 0.709. The fourth-order valence-electron chi connectivity index (χ4n) is 3.53. The summed E-state index contributed by atoms with van der Waals surface area (Å²) in [5, 5.41) is 0. The van der Waals surface area contributed by atoms with Crippen LogP contribution in [0, 0.1) is 6.92 Å². The Bertz CT molecular complexity index is 1150. The van der Waals surface area contributed by atoms with E-state index >= 15 is 0 Å². The van der Waals surface area contributed by atoms with Gasteiger partial charge in [-0.25, -0.2) is 13.1 Å². The Morgan fingerprint density at radius 2 is 1.84 bits per heavy atom. The molecule has 9 heteroatoms. The van der Waals surface area contributed by atoms with Gasteiger partial charge in [-0.3, -0.25) is 9.59 Å². The van der Waals surface area contributed by atoms with Crippen molar-refractivity contribution in [2.75, 3.05) is 19.6 Å². The Kier molecular flexibility index (Phi) is 6.80. The van der Waals surface area contributed by atoms with Gasteiger partial charge in [0.15, 0.2) is 0 Å². The lowest BCUT2D eigenvalue weighted by molar-refractivity contribution is -0.129. The number of nitrogens with zero attached hydrogens (tertiary/aromatic N) is 2. The van der Waals surface area contributed by atoms with Crippen molar-refractivity contribution in [1.29, 1.82) is 0 Å². The summed E-state index contributed by atoms with van der Waals surface area (Å²) in [6.07, 6.45) is 0.369. The van der Waals surface area contributed by atoms with E-state index in [0.717, 1.165) is 11.3 Å². The fourth-order valence-corrected chi connectivity index (χ4v) is 4.51. The van der Waals surface area contributed by atoms with Crippen molar-refractivity contribution < 1.29 is 17.9 Å². The predicted octanol–water partition coefficient (Wildman–Crippen LogP) is 1.95. The zero-order valence-corrected chi connectivity index (χ0v) is 20.0. The van der Waals surface area contributed by atoms with Gasteiger partial charge in [-0.1, -0.05) is 32.9 Å². The highest BCUT2D eigenvalue weighted by atomic mass is 32.2. The van der Waals surface area contributed by atoms with Crippen LogP contribution >= 0.6 is 0 Å². The van der Waals surface area contributed by atoms with Crippen molar-refractivity contribution in [3.05, 3.63) is 58.0 Å². The monoisotopic (exact) mass is 461 g/mol. The molecule has 1 aliphatic rings. The molecule has 0 spiro atoms. The van der Waals surface area contributed by atoms with E-state index in [4.69, 9.17) is 4.74 Å². The molecule has 2 heterocycles. The molecule has 32 heavy (non-hydrogen) atoms. The average molecular weight is 462 g/mol. The summed E-state index contributed by atoms with van der Waals surface area (Å²) in [5.41, 5.74) is 1.58. The summed E-state index contributed by atoms with van der Waals surface area (Å²) in [6.45, 7) is 8.48. The molecule has 0 aliphatic carbocycles. The van der Waals surface area contributed by atoms with Gasteiger partial charge in [0.05, 0.1) is 18.0 Å². The van der Waals surface area contributed by atoms with Gasteiger partial charge in [-0.05, 0) is 36.1 Å². The number of carbonyl (C=O) groups is 1. The van der Waals surface area contributed by atoms with Crippen LogP contribution in [-0.2, 0) is 27.3 Å². The molecule has 0 radical (unpaired) electrons. The Hall–Kier alpha value is -2.65. The molecule has 8 nitrogen and oxygen atoms in total. The maximum atomic E-state index is 12.6. The van der Waals surface area contributed by atoms with Crippen LogP contribution in [-0.4, -0.2) is 49.5 Å². The van der Waals surface area contributed by atoms with Crippen molar-refractivity contribution in [3.63, 3.8) is 0 Å². The molecule has 1 N–H and O–H groups in total. The van der Waals surface area contributed by atoms with Gasteiger partial charge in [0.2, 0.25) is 15.9 Å². The Morgan fingerprint density at radius 1 is 1.19 bits per heavy atom. The molecule has 1 unspecified atom stereocenters. The smallest absolute Gasteiger partial charge is 0.254 e. The molecule has 1 aromatic heterocycles. The Morgan fingerprint density at radius 3 is 2.44 bits per heavy atom. The van der Waals surface area contributed by atoms with E-state index in [0.29, 0.717) is 25.3 Å². The van der Waals surface area contributed by atoms with Crippen LogP contribution in [0.4, 0.5) is 0 Å². The van der Waals surface area contributed by atoms with Gasteiger partial charge in [0.1, 0.15) is 11.9 Å². The highest BCUT2D eigenvalue weighted by Crippen LogP contribution is 2.23. The molecular formula is C23H31N3O5S. The first kappa shape index (κ1) is 24.0. The number of hydrogen-bond donors (Lipinski definition) is 1. The van der Waals surface area contributed by atoms with E-state index in [1.165, 1.54) is 10.6 Å². The van der Waals surface area contributed by atoms with Crippen molar-refractivity contribution in [1.82, 2.24) is 14.2 Å². The SMILES string of the molecule is Cc1cc(OC2CCN(C(=O)CNS(=O)(=O)c3ccc(C(C)(C)C)cc3)C2)cc(=O)n1C. The topological polar surface area (TPSA) is 97.7 Å². The first-order valence-corrected chi connectivity index (χ1v) is 12.1. The maximum absolute atomic E-state index is 12.6. The normalized spacial score (nSPS) is 16.9. The van der Waals surface area contributed by atoms with E-state index in [1.54, 1.807) is 42.3 Å². The number of amides is 1. The molecule has 1 fully saturated rings. The van der Waals surface area contributed by atoms with Gasteiger partial charge >= 0.3 is 0 Å². The van der Waals surface area contributed by atoms with Crippen molar-refractivity contribution >= 4 is 15.9 Å². The maximum Gasteiger partial charge on any atom is 0.254 e. The van der Waals surface area contributed by atoms with Gasteiger partial charge in [0.25, 0.3) is 5.56 Å². The third kappa shape index (κ3) is 5.58. The number of nitrogens with one attached hydrogen (secondary N) is 1. The van der Waals surface area contributed by atoms with Crippen LogP contribution in [0.1, 0.15) is 38.4 Å². The molecule has 174 valence electrons. The molecule has 1 saturated heterocycles. The summed E-state index contributed by atoms with van der Waals surface area (Å²) in [6, 6.07) is 9.90. The number of aromatic nitrogens is 1. The third-order valence-electron chi connectivity index (χ3n) is 5.72. The summed E-state index contributed by atoms with van der Waals surface area (Å²) < 4.78 is 34.9. The molecule has 1 aliphatic heterocycles. The minimum atomic E-state index is -3.79. The second kappa shape index (κ2) is 9.07. The Balaban J connectivity index is 1.56. The van der Waals surface area contributed by atoms with E-state index in [1.807, 2.05) is 6.92 Å². The van der Waals surface area contributed by atoms with Gasteiger partial charge in [-0.15, -0.1) is 0 Å². The lowest BCUT2D eigenvalue weighted by Gasteiger charge is -2.19. The molecule has 0 bridgehead atoms. The van der Waals surface area contributed by atoms with Gasteiger partial charge in [-0.2, -0.15) is 0 Å². The van der Waals surface area contributed by atoms with Crippen LogP contribution in [0.2, 0.25) is 0 Å². The van der Waals surface area contributed by atoms with E-state index in [9.17, 15) is 18.0 Å². The van der Waals surface area contributed by atoms with Crippen LogP contribution in [0.25, 0.3) is 0 Å². The number of sulfonamides is 1. The molecule has 1 atom stereocenters. The number of rotatable bonds is 6. The zero-order valence-electron chi connectivity index (χ0n) is 19.2. The van der Waals surface area contributed by atoms with Crippen molar-refractivity contribution in [3.8, 4) is 5.75 Å². The lowest BCUT2D eigenvalue weighted by atomic mass is 9.87. The third-order valence-corrected chi connectivity index (χ3v) is 7.14. The predicted molar refractivity (Wildman–Crippen MR) is 122 cm³/mol. The highest BCUT2D eigenvalue weighted by Gasteiger charge is 2.28. The lowest BCUT2D eigenvalue weighted by Crippen LogP contribution is -2.39. The number of pyridine rings is 1. The first-order valence-electron chi connectivity index (χ1n) is 10.6. The first-order chi connectivity index (χ1) is 14.9. The molecule has 0 saturated carbocycles. The largest absolute Gasteiger partial charge is 0.488 e. The van der Waals surface area contributed by atoms with E-state index in [2.05, 4.69) is 25.5 Å². The summed E-state index contributed by atoms with van der Waals surface area (Å²) in [4.78, 5) is 26.2. The Labute approximate surface area is 189 Å². The van der Waals surface area contributed by atoms with Crippen molar-refractivity contribution in [2.24, 2.45) is 7.05 Å². The standard InChI is InChI=1S/C23H31N3O5S/c1-16-12-19(13-21(27)25(16)5)31-18-10-11-26(15-18)22(28)14-24-32(29,30)20-8-6-17(7-9-20)23(2,3)4/h6-9,12-13,18,24H,10-11,14-15H2,1-5H3. The van der Waals surface area contributed by atoms with Crippen LogP contribution in [0.3, 0.4) is 0 Å². The molecule has 2 aromatic rings. The summed E-state index contributed by atoms with van der Waals surface area (Å²) >= 11 is 0. The summed E-state index contributed by atoms with van der Waals surface area (Å²) in [5.74, 6) is 0.162. The van der Waals surface area contributed by atoms with Crippen LogP contribution in [0.5, 0.6) is 5.75 Å². The number of hydrogen-bond acceptors (Lipinski definition) is 5.